The highest BCUT2D eigenvalue weighted by molar-refractivity contribution is 5.18. The highest BCUT2D eigenvalue weighted by Crippen LogP contribution is 2.46. The van der Waals surface area contributed by atoms with Gasteiger partial charge in [-0.2, -0.15) is 0 Å². The Bertz CT molecular complexity index is 1220. The maximum atomic E-state index is 4.84. The number of nitrogens with zero attached hydrogens (tertiary/aromatic N) is 2. The van der Waals surface area contributed by atoms with Crippen molar-refractivity contribution in [2.24, 2.45) is 47.3 Å². The number of unbranched alkanes of at least 4 members (excludes halogenated alkanes) is 1. The van der Waals surface area contributed by atoms with Gasteiger partial charge < -0.3 is 0 Å². The van der Waals surface area contributed by atoms with Crippen molar-refractivity contribution in [1.29, 1.82) is 0 Å². The second-order valence-electron chi connectivity index (χ2n) is 19.1. The minimum absolute atomic E-state index is 0.631. The lowest BCUT2D eigenvalue weighted by atomic mass is 9.67. The predicted octanol–water partition coefficient (Wildman–Crippen LogP) is 15.5. The standard InChI is InChI=1S/C26H43N.C25H41N/c1-4-6-8-22-11-18-26(27-19-22)20(3)23-14-16-25(17-15-23)24-12-9-21(7-5-2)10-13-24;1-4-6-20-8-11-23(12-9-20)24-15-13-22(14-16-24)19(3)25-17-10-21(7-5-2)18-26-25/h11,18-21,23-25H,4-10,12-17H2,1-3H3;10,17-20,22-24H,4-9,11-16H2,1-3H3. The van der Waals surface area contributed by atoms with Gasteiger partial charge in [0.05, 0.1) is 0 Å². The highest BCUT2D eigenvalue weighted by atomic mass is 14.7. The van der Waals surface area contributed by atoms with Gasteiger partial charge in [-0.05, 0) is 167 Å². The van der Waals surface area contributed by atoms with Crippen molar-refractivity contribution in [3.8, 4) is 0 Å². The number of aryl methyl sites for hydroxylation is 2. The second-order valence-corrected chi connectivity index (χ2v) is 19.1. The summed E-state index contributed by atoms with van der Waals surface area (Å²) in [5, 5.41) is 0. The van der Waals surface area contributed by atoms with Gasteiger partial charge in [-0.1, -0.05) is 118 Å². The van der Waals surface area contributed by atoms with Gasteiger partial charge in [0.1, 0.15) is 0 Å². The van der Waals surface area contributed by atoms with Crippen molar-refractivity contribution in [2.45, 2.75) is 214 Å². The summed E-state index contributed by atoms with van der Waals surface area (Å²) in [6.07, 6.45) is 39.9. The van der Waals surface area contributed by atoms with Gasteiger partial charge in [-0.15, -0.1) is 0 Å². The molecule has 0 amide bonds. The quantitative estimate of drug-likeness (QED) is 0.183. The van der Waals surface area contributed by atoms with E-state index < -0.39 is 0 Å². The van der Waals surface area contributed by atoms with Crippen molar-refractivity contribution in [2.75, 3.05) is 0 Å². The Morgan fingerprint density at radius 2 is 0.830 bits per heavy atom. The van der Waals surface area contributed by atoms with Crippen LogP contribution in [0.5, 0.6) is 0 Å². The van der Waals surface area contributed by atoms with E-state index in [1.807, 2.05) is 0 Å². The fourth-order valence-electron chi connectivity index (χ4n) is 11.8. The van der Waals surface area contributed by atoms with Crippen molar-refractivity contribution in [3.05, 3.63) is 59.2 Å². The van der Waals surface area contributed by atoms with E-state index in [1.54, 1.807) is 0 Å². The molecule has 4 saturated carbocycles. The molecule has 6 rings (SSSR count). The minimum Gasteiger partial charge on any atom is -0.261 e. The average Bonchev–Trinajstić information content (AvgIpc) is 3.21. The van der Waals surface area contributed by atoms with Crippen LogP contribution in [0.4, 0.5) is 0 Å². The van der Waals surface area contributed by atoms with Crippen LogP contribution in [0.1, 0.15) is 224 Å². The Morgan fingerprint density at radius 1 is 0.453 bits per heavy atom. The summed E-state index contributed by atoms with van der Waals surface area (Å²) in [5.41, 5.74) is 5.47. The van der Waals surface area contributed by atoms with Crippen LogP contribution in [0, 0.1) is 47.3 Å². The predicted molar refractivity (Wildman–Crippen MR) is 230 cm³/mol. The van der Waals surface area contributed by atoms with E-state index in [4.69, 9.17) is 9.97 Å². The van der Waals surface area contributed by atoms with Crippen molar-refractivity contribution in [1.82, 2.24) is 9.97 Å². The Hall–Kier alpha value is -1.70. The number of pyridine rings is 2. The van der Waals surface area contributed by atoms with Crippen molar-refractivity contribution < 1.29 is 0 Å². The molecule has 53 heavy (non-hydrogen) atoms. The van der Waals surface area contributed by atoms with E-state index >= 15 is 0 Å². The van der Waals surface area contributed by atoms with Crippen LogP contribution < -0.4 is 0 Å². The molecule has 2 atom stereocenters. The van der Waals surface area contributed by atoms with Gasteiger partial charge in [0.2, 0.25) is 0 Å². The van der Waals surface area contributed by atoms with Crippen molar-refractivity contribution >= 4 is 0 Å². The monoisotopic (exact) mass is 725 g/mol. The van der Waals surface area contributed by atoms with E-state index in [2.05, 4.69) is 78.2 Å². The first kappa shape index (κ1) is 42.4. The number of hydrogen-bond donors (Lipinski definition) is 0. The van der Waals surface area contributed by atoms with Gasteiger partial charge >= 0.3 is 0 Å². The van der Waals surface area contributed by atoms with Gasteiger partial charge in [-0.3, -0.25) is 9.97 Å². The fraction of sp³-hybridized carbons (Fsp3) is 0.804. The smallest absolute Gasteiger partial charge is 0.0434 e. The van der Waals surface area contributed by atoms with Crippen LogP contribution >= 0.6 is 0 Å². The molecule has 0 N–H and O–H groups in total. The Morgan fingerprint density at radius 3 is 1.15 bits per heavy atom. The number of rotatable bonds is 15. The topological polar surface area (TPSA) is 25.8 Å². The molecule has 0 spiro atoms. The maximum Gasteiger partial charge on any atom is 0.0434 e. The summed E-state index contributed by atoms with van der Waals surface area (Å²) in [6.45, 7) is 14.0. The van der Waals surface area contributed by atoms with Crippen molar-refractivity contribution in [3.63, 3.8) is 0 Å². The molecule has 0 radical (unpaired) electrons. The maximum absolute atomic E-state index is 4.84. The molecular formula is C51H84N2. The minimum atomic E-state index is 0.631. The zero-order valence-electron chi connectivity index (χ0n) is 35.8. The third kappa shape index (κ3) is 12.9. The summed E-state index contributed by atoms with van der Waals surface area (Å²) < 4.78 is 0. The molecule has 4 fully saturated rings. The molecule has 0 saturated heterocycles. The average molecular weight is 725 g/mol. The summed E-state index contributed by atoms with van der Waals surface area (Å²) in [6, 6.07) is 9.26. The molecule has 2 unspecified atom stereocenters. The van der Waals surface area contributed by atoms with Crippen LogP contribution in [0.15, 0.2) is 36.7 Å². The number of aromatic nitrogens is 2. The van der Waals surface area contributed by atoms with Crippen LogP contribution in [-0.2, 0) is 12.8 Å². The molecule has 0 aromatic carbocycles. The normalized spacial score (nSPS) is 30.5. The molecule has 2 aromatic rings. The van der Waals surface area contributed by atoms with E-state index in [-0.39, 0.29) is 0 Å². The Kier molecular flexibility index (Phi) is 18.2. The first-order chi connectivity index (χ1) is 25.9. The molecule has 0 bridgehead atoms. The lowest BCUT2D eigenvalue weighted by Crippen LogP contribution is -2.27. The van der Waals surface area contributed by atoms with E-state index in [0.717, 1.165) is 53.8 Å². The van der Waals surface area contributed by atoms with Crippen LogP contribution in [0.3, 0.4) is 0 Å². The first-order valence-electron chi connectivity index (χ1n) is 23.8. The van der Waals surface area contributed by atoms with Gasteiger partial charge in [0, 0.05) is 35.6 Å². The summed E-state index contributed by atoms with van der Waals surface area (Å²) in [4.78, 5) is 9.65. The zero-order chi connectivity index (χ0) is 37.4. The number of hydrogen-bond acceptors (Lipinski definition) is 2. The molecule has 0 aliphatic heterocycles. The van der Waals surface area contributed by atoms with Gasteiger partial charge in [-0.25, -0.2) is 0 Å². The molecular weight excluding hydrogens is 641 g/mol. The lowest BCUT2D eigenvalue weighted by Gasteiger charge is -2.39. The molecule has 2 nitrogen and oxygen atoms in total. The second kappa shape index (κ2) is 22.8. The molecule has 298 valence electrons. The Balaban J connectivity index is 0.000000204. The largest absolute Gasteiger partial charge is 0.261 e. The Labute approximate surface area is 329 Å². The first-order valence-corrected chi connectivity index (χ1v) is 23.8. The SMILES string of the molecule is CCCCc1ccc(C(C)C2CCC(C3CCC(CCC)CC3)CC2)nc1.CCCc1ccc(C(C)C2CCC(C3CCC(CCC)CC3)CC2)nc1. The summed E-state index contributed by atoms with van der Waals surface area (Å²) in [7, 11) is 0. The van der Waals surface area contributed by atoms with Crippen LogP contribution in [0.25, 0.3) is 0 Å². The summed E-state index contributed by atoms with van der Waals surface area (Å²) >= 11 is 0. The highest BCUT2D eigenvalue weighted by Gasteiger charge is 2.34. The van der Waals surface area contributed by atoms with Gasteiger partial charge in [0.25, 0.3) is 0 Å². The van der Waals surface area contributed by atoms with E-state index in [9.17, 15) is 0 Å². The van der Waals surface area contributed by atoms with Crippen LogP contribution in [-0.4, -0.2) is 9.97 Å². The molecule has 2 heteroatoms. The zero-order valence-corrected chi connectivity index (χ0v) is 35.8. The van der Waals surface area contributed by atoms with Crippen LogP contribution in [0.2, 0.25) is 0 Å². The van der Waals surface area contributed by atoms with E-state index in [1.165, 1.54) is 177 Å². The third-order valence-electron chi connectivity index (χ3n) is 15.5. The molecule has 2 heterocycles. The molecule has 2 aromatic heterocycles. The third-order valence-corrected chi connectivity index (χ3v) is 15.5. The van der Waals surface area contributed by atoms with Gasteiger partial charge in [0.15, 0.2) is 0 Å². The fourth-order valence-corrected chi connectivity index (χ4v) is 11.8. The molecule has 4 aliphatic rings. The molecule has 4 aliphatic carbocycles. The summed E-state index contributed by atoms with van der Waals surface area (Å²) in [5.74, 6) is 9.22. The lowest BCUT2D eigenvalue weighted by molar-refractivity contribution is 0.136. The van der Waals surface area contributed by atoms with E-state index in [0.29, 0.717) is 11.8 Å².